The van der Waals surface area contributed by atoms with Crippen LogP contribution in [0.4, 0.5) is 13.2 Å². The Bertz CT molecular complexity index is 1240. The molecule has 1 aromatic carbocycles. The van der Waals surface area contributed by atoms with E-state index in [2.05, 4.69) is 9.84 Å². The number of alkyl halides is 3. The van der Waals surface area contributed by atoms with Crippen LogP contribution in [0.1, 0.15) is 61.2 Å². The summed E-state index contributed by atoms with van der Waals surface area (Å²) in [5.41, 5.74) is 1.86. The van der Waals surface area contributed by atoms with E-state index in [0.29, 0.717) is 23.1 Å². The molecule has 0 fully saturated rings. The summed E-state index contributed by atoms with van der Waals surface area (Å²) in [5, 5.41) is 3.91. The van der Waals surface area contributed by atoms with Crippen LogP contribution >= 0.6 is 0 Å². The van der Waals surface area contributed by atoms with Crippen LogP contribution in [0.3, 0.4) is 0 Å². The van der Waals surface area contributed by atoms with Gasteiger partial charge >= 0.3 is 12.1 Å². The molecule has 0 saturated heterocycles. The largest absolute Gasteiger partial charge is 0.491 e. The number of allylic oxidation sites excluding steroid dienone is 2. The molecule has 0 aliphatic heterocycles. The van der Waals surface area contributed by atoms with Crippen molar-refractivity contribution in [3.8, 4) is 5.88 Å². The Hall–Kier alpha value is -2.95. The van der Waals surface area contributed by atoms with Gasteiger partial charge in [-0.2, -0.15) is 18.3 Å². The highest BCUT2D eigenvalue weighted by atomic mass is 32.2. The van der Waals surface area contributed by atoms with E-state index in [1.54, 1.807) is 34.6 Å². The molecular formula is C22H25F3N2O5S. The molecule has 180 valence electrons. The Morgan fingerprint density at radius 2 is 1.73 bits per heavy atom. The minimum atomic E-state index is -5.26. The van der Waals surface area contributed by atoms with E-state index in [1.807, 2.05) is 0 Å². The lowest BCUT2D eigenvalue weighted by molar-refractivity contribution is -0.190. The number of rotatable bonds is 7. The van der Waals surface area contributed by atoms with Crippen molar-refractivity contribution in [3.63, 3.8) is 0 Å². The fraction of sp³-hybridized carbons (Fsp3) is 0.409. The lowest BCUT2D eigenvalue weighted by Gasteiger charge is -2.17. The highest BCUT2D eigenvalue weighted by Gasteiger charge is 2.42. The van der Waals surface area contributed by atoms with Gasteiger partial charge < -0.3 is 4.74 Å². The number of aromatic nitrogens is 2. The maximum absolute atomic E-state index is 13.4. The Kier molecular flexibility index (Phi) is 7.57. The lowest BCUT2D eigenvalue weighted by atomic mass is 9.91. The van der Waals surface area contributed by atoms with Crippen LogP contribution in [0, 0.1) is 6.92 Å². The molecule has 1 aromatic heterocycles. The first-order chi connectivity index (χ1) is 15.1. The molecule has 0 bridgehead atoms. The fourth-order valence-electron chi connectivity index (χ4n) is 3.26. The summed E-state index contributed by atoms with van der Waals surface area (Å²) in [5.74, 6) is -3.83. The van der Waals surface area contributed by atoms with Gasteiger partial charge in [0, 0.05) is 18.4 Å². The molecule has 0 unspecified atom stereocenters. The van der Waals surface area contributed by atoms with Gasteiger partial charge in [0.15, 0.2) is 15.6 Å². The number of esters is 1. The van der Waals surface area contributed by atoms with Crippen molar-refractivity contribution in [2.75, 3.05) is 6.26 Å². The Balaban J connectivity index is 2.73. The van der Waals surface area contributed by atoms with Crippen LogP contribution in [0.2, 0.25) is 0 Å². The van der Waals surface area contributed by atoms with E-state index in [0.717, 1.165) is 22.7 Å². The monoisotopic (exact) mass is 486 g/mol. The molecule has 33 heavy (non-hydrogen) atoms. The number of ether oxygens (including phenoxy) is 1. The van der Waals surface area contributed by atoms with Crippen molar-refractivity contribution in [3.05, 3.63) is 46.2 Å². The van der Waals surface area contributed by atoms with Gasteiger partial charge in [-0.15, -0.1) is 0 Å². The van der Waals surface area contributed by atoms with Gasteiger partial charge in [-0.3, -0.25) is 4.79 Å². The van der Waals surface area contributed by atoms with Crippen LogP contribution in [0.25, 0.3) is 5.57 Å². The molecule has 0 radical (unpaired) electrons. The molecule has 0 aliphatic rings. The summed E-state index contributed by atoms with van der Waals surface area (Å²) in [7, 11) is -3.64. The predicted molar refractivity (Wildman–Crippen MR) is 116 cm³/mol. The van der Waals surface area contributed by atoms with Crippen LogP contribution < -0.4 is 4.74 Å². The topological polar surface area (TPSA) is 95.3 Å². The second kappa shape index (κ2) is 9.50. The van der Waals surface area contributed by atoms with E-state index in [4.69, 9.17) is 0 Å². The maximum atomic E-state index is 13.4. The highest BCUT2D eigenvalue weighted by Crippen LogP contribution is 2.33. The van der Waals surface area contributed by atoms with Gasteiger partial charge in [0.25, 0.3) is 0 Å². The van der Waals surface area contributed by atoms with Crippen LogP contribution in [0.15, 0.2) is 28.8 Å². The Labute approximate surface area is 190 Å². The molecule has 0 spiro atoms. The molecule has 2 aromatic rings. The number of hydrogen-bond donors (Lipinski definition) is 0. The molecule has 0 amide bonds. The number of ketones is 1. The lowest BCUT2D eigenvalue weighted by Crippen LogP contribution is -2.29. The number of carbonyl (C=O) groups excluding carboxylic acids is 2. The van der Waals surface area contributed by atoms with Crippen molar-refractivity contribution in [2.45, 2.75) is 58.7 Å². The zero-order valence-electron chi connectivity index (χ0n) is 19.1. The molecule has 0 saturated carbocycles. The fourth-order valence-corrected chi connectivity index (χ4v) is 4.25. The molecule has 2 rings (SSSR count). The molecule has 0 atom stereocenters. The van der Waals surface area contributed by atoms with Crippen molar-refractivity contribution < 1.29 is 35.9 Å². The predicted octanol–water partition coefficient (Wildman–Crippen LogP) is 4.52. The van der Waals surface area contributed by atoms with Crippen molar-refractivity contribution >= 4 is 27.2 Å². The third-order valence-corrected chi connectivity index (χ3v) is 6.23. The van der Waals surface area contributed by atoms with Gasteiger partial charge in [0.1, 0.15) is 5.56 Å². The van der Waals surface area contributed by atoms with E-state index in [9.17, 15) is 31.2 Å². The van der Waals surface area contributed by atoms with Crippen molar-refractivity contribution in [1.29, 1.82) is 0 Å². The Morgan fingerprint density at radius 1 is 1.12 bits per heavy atom. The van der Waals surface area contributed by atoms with E-state index in [1.165, 1.54) is 12.1 Å². The molecule has 0 aliphatic carbocycles. The number of nitrogens with zero attached hydrogens (tertiary/aromatic N) is 2. The summed E-state index contributed by atoms with van der Waals surface area (Å²) in [6.45, 7) is 8.71. The number of carbonyl (C=O) groups is 2. The number of benzene rings is 1. The minimum Gasteiger partial charge on any atom is -0.400 e. The molecular weight excluding hydrogens is 461 g/mol. The third kappa shape index (κ3) is 5.52. The molecule has 1 heterocycles. The SMILES string of the molecule is CCCn1ncc(C(=O)c2ccc(S(C)(=O)=O)c(C(C)=C(C)C)c2C)c1OC(=O)C(F)(F)F. The maximum Gasteiger partial charge on any atom is 0.491 e. The number of sulfone groups is 1. The van der Waals surface area contributed by atoms with E-state index < -0.39 is 33.6 Å². The zero-order valence-corrected chi connectivity index (χ0v) is 19.9. The molecule has 7 nitrogen and oxygen atoms in total. The summed E-state index contributed by atoms with van der Waals surface area (Å²) in [6.07, 6.45) is -2.72. The first-order valence-electron chi connectivity index (χ1n) is 9.98. The van der Waals surface area contributed by atoms with Crippen LogP contribution in [0.5, 0.6) is 5.88 Å². The minimum absolute atomic E-state index is 0.0284. The number of aryl methyl sites for hydroxylation is 1. The Morgan fingerprint density at radius 3 is 2.21 bits per heavy atom. The number of halogens is 3. The van der Waals surface area contributed by atoms with Gasteiger partial charge in [-0.1, -0.05) is 12.5 Å². The van der Waals surface area contributed by atoms with Gasteiger partial charge in [-0.25, -0.2) is 17.9 Å². The second-order valence-electron chi connectivity index (χ2n) is 7.81. The van der Waals surface area contributed by atoms with Crippen molar-refractivity contribution in [2.24, 2.45) is 0 Å². The molecule has 11 heteroatoms. The molecule has 0 N–H and O–H groups in total. The summed E-state index contributed by atoms with van der Waals surface area (Å²) < 4.78 is 68.6. The highest BCUT2D eigenvalue weighted by molar-refractivity contribution is 7.90. The van der Waals surface area contributed by atoms with E-state index in [-0.39, 0.29) is 22.6 Å². The van der Waals surface area contributed by atoms with Crippen molar-refractivity contribution in [1.82, 2.24) is 9.78 Å². The summed E-state index contributed by atoms with van der Waals surface area (Å²) in [6, 6.07) is 2.58. The normalized spacial score (nSPS) is 11.9. The third-order valence-electron chi connectivity index (χ3n) is 5.09. The average molecular weight is 487 g/mol. The van der Waals surface area contributed by atoms with Crippen LogP contribution in [-0.2, 0) is 21.2 Å². The summed E-state index contributed by atoms with van der Waals surface area (Å²) in [4.78, 5) is 24.8. The summed E-state index contributed by atoms with van der Waals surface area (Å²) >= 11 is 0. The van der Waals surface area contributed by atoms with Gasteiger partial charge in [0.05, 0.1) is 11.1 Å². The average Bonchev–Trinajstić information content (AvgIpc) is 3.07. The zero-order chi connectivity index (χ0) is 25.3. The second-order valence-corrected chi connectivity index (χ2v) is 9.80. The smallest absolute Gasteiger partial charge is 0.400 e. The quantitative estimate of drug-likeness (QED) is 0.422. The van der Waals surface area contributed by atoms with Crippen LogP contribution in [-0.4, -0.2) is 42.4 Å². The van der Waals surface area contributed by atoms with Gasteiger partial charge in [0.2, 0.25) is 5.88 Å². The van der Waals surface area contributed by atoms with E-state index >= 15 is 0 Å². The first-order valence-corrected chi connectivity index (χ1v) is 11.9. The number of hydrogen-bond acceptors (Lipinski definition) is 6. The first kappa shape index (κ1) is 26.3. The standard InChI is InChI=1S/C22H25F3N2O5S/c1-7-10-27-20(32-21(29)22(23,24)25)16(11-26-27)19(28)15-8-9-17(33(6,30)31)18(14(15)5)13(4)12(2)3/h8-9,11H,7,10H2,1-6H3. The van der Waals surface area contributed by atoms with Gasteiger partial charge in [-0.05, 0) is 62.9 Å².